The van der Waals surface area contributed by atoms with Gasteiger partial charge in [-0.15, -0.1) is 0 Å². The Balaban J connectivity index is 0. The number of alkyl carbamates (subject to hydrolysis) is 1. The van der Waals surface area contributed by atoms with Gasteiger partial charge >= 0.3 is 57.5 Å². The van der Waals surface area contributed by atoms with Crippen LogP contribution in [0, 0.1) is 5.92 Å². The molecule has 1 atom stereocenters. The van der Waals surface area contributed by atoms with E-state index in [0.29, 0.717) is 6.42 Å². The molecule has 0 aliphatic carbocycles. The van der Waals surface area contributed by atoms with Crippen LogP contribution in [0.5, 0.6) is 0 Å². The van der Waals surface area contributed by atoms with Gasteiger partial charge in [0.2, 0.25) is 0 Å². The van der Waals surface area contributed by atoms with Crippen LogP contribution in [-0.4, -0.2) is 23.7 Å². The monoisotopic (exact) mass is 269 g/mol. The van der Waals surface area contributed by atoms with Gasteiger partial charge < -0.3 is 20.0 Å². The molecule has 6 heteroatoms. The molecule has 0 saturated carbocycles. The van der Waals surface area contributed by atoms with E-state index in [2.05, 4.69) is 5.32 Å². The zero-order valence-electron chi connectivity index (χ0n) is 11.5. The smallest absolute Gasteiger partial charge is 0.548 e. The second kappa shape index (κ2) is 8.47. The van der Waals surface area contributed by atoms with Crippen LogP contribution < -0.4 is 61.8 Å². The molecule has 0 heterocycles. The number of aliphatic carboxylic acids is 1. The van der Waals surface area contributed by atoms with Crippen LogP contribution in [0.3, 0.4) is 0 Å². The summed E-state index contributed by atoms with van der Waals surface area (Å²) in [6.45, 7) is 8.87. The summed E-state index contributed by atoms with van der Waals surface area (Å²) in [6.07, 6.45) is -0.413. The van der Waals surface area contributed by atoms with Crippen LogP contribution in [0.4, 0.5) is 4.79 Å². The van der Waals surface area contributed by atoms with E-state index >= 15 is 0 Å². The van der Waals surface area contributed by atoms with Gasteiger partial charge in [0.15, 0.2) is 0 Å². The molecular weight excluding hydrogens is 249 g/mol. The first-order chi connectivity index (χ1) is 7.11. The molecule has 0 saturated heterocycles. The molecule has 17 heavy (non-hydrogen) atoms. The molecule has 0 bridgehead atoms. The van der Waals surface area contributed by atoms with Crippen LogP contribution in [0.25, 0.3) is 0 Å². The number of carbonyl (C=O) groups excluding carboxylic acids is 2. The molecule has 0 spiro atoms. The van der Waals surface area contributed by atoms with Gasteiger partial charge in [-0.05, 0) is 33.1 Å². The molecule has 1 N–H and O–H groups in total. The standard InChI is InChI=1S/C11H21NO4.K/c1-7(2)6-8(9(13)14)12-10(15)16-11(3,4)5;/h7-8H,6H2,1-5H3,(H,12,15)(H,13,14);/q;+1/p-1/t8-;/m0./s1. The molecule has 0 radical (unpaired) electrons. The third-order valence-corrected chi connectivity index (χ3v) is 1.68. The number of hydrogen-bond donors (Lipinski definition) is 1. The van der Waals surface area contributed by atoms with Crippen molar-refractivity contribution in [2.45, 2.75) is 52.7 Å². The minimum absolute atomic E-state index is 0. The number of ether oxygens (including phenoxy) is 1. The Bertz CT molecular complexity index is 261. The van der Waals surface area contributed by atoms with E-state index in [9.17, 15) is 14.7 Å². The van der Waals surface area contributed by atoms with Gasteiger partial charge in [-0.25, -0.2) is 4.79 Å². The largest absolute Gasteiger partial charge is 1.00 e. The van der Waals surface area contributed by atoms with Crippen molar-refractivity contribution < 1.29 is 70.8 Å². The Labute approximate surface area is 145 Å². The Morgan fingerprint density at radius 1 is 1.29 bits per heavy atom. The summed E-state index contributed by atoms with van der Waals surface area (Å²) in [5.74, 6) is -1.14. The number of carboxylic acids is 1. The SMILES string of the molecule is CC(C)C[C@H](NC(=O)OC(C)(C)C)C(=O)[O-].[K+]. The normalized spacial score (nSPS) is 12.6. The minimum atomic E-state index is -1.29. The fourth-order valence-corrected chi connectivity index (χ4v) is 1.14. The van der Waals surface area contributed by atoms with E-state index in [1.807, 2.05) is 13.8 Å². The van der Waals surface area contributed by atoms with E-state index in [1.165, 1.54) is 0 Å². The van der Waals surface area contributed by atoms with E-state index in [0.717, 1.165) is 0 Å². The van der Waals surface area contributed by atoms with Crippen LogP contribution in [0.2, 0.25) is 0 Å². The van der Waals surface area contributed by atoms with E-state index in [-0.39, 0.29) is 57.3 Å². The summed E-state index contributed by atoms with van der Waals surface area (Å²) < 4.78 is 4.96. The van der Waals surface area contributed by atoms with Crippen LogP contribution in [0.15, 0.2) is 0 Å². The summed E-state index contributed by atoms with van der Waals surface area (Å²) >= 11 is 0. The average molecular weight is 269 g/mol. The van der Waals surface area contributed by atoms with Crippen molar-refractivity contribution in [3.63, 3.8) is 0 Å². The van der Waals surface area contributed by atoms with E-state index < -0.39 is 23.7 Å². The van der Waals surface area contributed by atoms with Crippen LogP contribution >= 0.6 is 0 Å². The van der Waals surface area contributed by atoms with Crippen molar-refractivity contribution in [2.75, 3.05) is 0 Å². The van der Waals surface area contributed by atoms with Crippen LogP contribution in [-0.2, 0) is 9.53 Å². The van der Waals surface area contributed by atoms with Crippen LogP contribution in [0.1, 0.15) is 41.0 Å². The first kappa shape index (κ1) is 19.7. The third-order valence-electron chi connectivity index (χ3n) is 1.68. The number of carbonyl (C=O) groups is 2. The number of amides is 1. The number of hydrogen-bond acceptors (Lipinski definition) is 4. The quantitative estimate of drug-likeness (QED) is 0.581. The molecule has 94 valence electrons. The number of rotatable bonds is 4. The average Bonchev–Trinajstić information content (AvgIpc) is 1.97. The molecule has 0 aromatic carbocycles. The first-order valence-electron chi connectivity index (χ1n) is 5.32. The zero-order chi connectivity index (χ0) is 12.9. The van der Waals surface area contributed by atoms with Crippen molar-refractivity contribution in [1.29, 1.82) is 0 Å². The fourth-order valence-electron chi connectivity index (χ4n) is 1.14. The fraction of sp³-hybridized carbons (Fsp3) is 0.818. The summed E-state index contributed by atoms with van der Waals surface area (Å²) in [6, 6.07) is -1.00. The predicted octanol–water partition coefficient (Wildman–Crippen LogP) is -2.32. The minimum Gasteiger partial charge on any atom is -0.548 e. The van der Waals surface area contributed by atoms with Crippen molar-refractivity contribution in [3.05, 3.63) is 0 Å². The molecule has 0 aliphatic rings. The number of nitrogens with one attached hydrogen (secondary N) is 1. The van der Waals surface area contributed by atoms with Crippen molar-refractivity contribution >= 4 is 12.1 Å². The first-order valence-corrected chi connectivity index (χ1v) is 5.32. The maximum atomic E-state index is 11.3. The van der Waals surface area contributed by atoms with Crippen molar-refractivity contribution in [2.24, 2.45) is 5.92 Å². The molecule has 1 amide bonds. The van der Waals surface area contributed by atoms with Gasteiger partial charge in [-0.3, -0.25) is 0 Å². The second-order valence-electron chi connectivity index (χ2n) is 5.15. The molecule has 0 aromatic heterocycles. The summed E-state index contributed by atoms with van der Waals surface area (Å²) in [7, 11) is 0. The summed E-state index contributed by atoms with van der Waals surface area (Å²) in [5, 5.41) is 13.0. The topological polar surface area (TPSA) is 78.5 Å². The van der Waals surface area contributed by atoms with Gasteiger partial charge in [-0.2, -0.15) is 0 Å². The van der Waals surface area contributed by atoms with E-state index in [4.69, 9.17) is 4.74 Å². The molecular formula is C11H20KNO4. The van der Waals surface area contributed by atoms with Gasteiger partial charge in [0.1, 0.15) is 5.60 Å². The Morgan fingerprint density at radius 3 is 2.06 bits per heavy atom. The van der Waals surface area contributed by atoms with E-state index in [1.54, 1.807) is 20.8 Å². The van der Waals surface area contributed by atoms with Crippen molar-refractivity contribution in [1.82, 2.24) is 5.32 Å². The van der Waals surface area contributed by atoms with Gasteiger partial charge in [0, 0.05) is 0 Å². The second-order valence-corrected chi connectivity index (χ2v) is 5.15. The Morgan fingerprint density at radius 2 is 1.76 bits per heavy atom. The maximum Gasteiger partial charge on any atom is 1.00 e. The maximum absolute atomic E-state index is 11.3. The molecule has 0 rings (SSSR count). The molecule has 0 fully saturated rings. The van der Waals surface area contributed by atoms with Crippen molar-refractivity contribution in [3.8, 4) is 0 Å². The third kappa shape index (κ3) is 11.2. The molecule has 0 unspecified atom stereocenters. The van der Waals surface area contributed by atoms with Gasteiger partial charge in [-0.1, -0.05) is 13.8 Å². The van der Waals surface area contributed by atoms with Gasteiger partial charge in [0.25, 0.3) is 0 Å². The number of carboxylic acid groups (broad SMARTS) is 1. The molecule has 0 aromatic rings. The van der Waals surface area contributed by atoms with Gasteiger partial charge in [0.05, 0.1) is 12.0 Å². The molecule has 0 aliphatic heterocycles. The Kier molecular flexibility index (Phi) is 9.82. The predicted molar refractivity (Wildman–Crippen MR) is 57.6 cm³/mol. The molecule has 5 nitrogen and oxygen atoms in total. The summed E-state index contributed by atoms with van der Waals surface area (Å²) in [4.78, 5) is 22.1. The Hall–Kier alpha value is 0.376. The summed E-state index contributed by atoms with van der Waals surface area (Å²) in [5.41, 5.74) is -0.640. The zero-order valence-corrected chi connectivity index (χ0v) is 14.6.